The summed E-state index contributed by atoms with van der Waals surface area (Å²) in [6, 6.07) is 7.93. The maximum absolute atomic E-state index is 12.8. The van der Waals surface area contributed by atoms with E-state index in [1.165, 1.54) is 7.11 Å². The molecule has 3 aromatic rings. The fraction of sp³-hybridized carbons (Fsp3) is 0.500. The molecule has 1 spiro atoms. The van der Waals surface area contributed by atoms with Gasteiger partial charge in [0.25, 0.3) is 0 Å². The molecular weight excluding hydrogens is 472 g/mol. The Kier molecular flexibility index (Phi) is 5.81. The summed E-state index contributed by atoms with van der Waals surface area (Å²) in [5.74, 6) is 0.461. The van der Waals surface area contributed by atoms with Gasteiger partial charge in [-0.3, -0.25) is 14.7 Å². The van der Waals surface area contributed by atoms with Crippen LogP contribution in [-0.4, -0.2) is 44.4 Å². The largest absolute Gasteiger partial charge is 0.481 e. The molecule has 0 bridgehead atoms. The molecule has 3 heterocycles. The van der Waals surface area contributed by atoms with Crippen LogP contribution in [0.15, 0.2) is 36.7 Å². The molecule has 194 valence electrons. The van der Waals surface area contributed by atoms with E-state index in [-0.39, 0.29) is 29.7 Å². The Morgan fingerprint density at radius 3 is 2.57 bits per heavy atom. The third-order valence-electron chi connectivity index (χ3n) is 8.43. The molecule has 1 amide bonds. The second kappa shape index (κ2) is 9.04. The number of carbonyl (C=O) groups excluding carboxylic acids is 1. The van der Waals surface area contributed by atoms with Crippen LogP contribution in [0.2, 0.25) is 0 Å². The lowest BCUT2D eigenvalue weighted by Crippen LogP contribution is -2.45. The number of carboxylic acid groups (broad SMARTS) is 1. The number of aromatic nitrogens is 3. The Bertz CT molecular complexity index is 1340. The van der Waals surface area contributed by atoms with Gasteiger partial charge in [-0.2, -0.15) is 0 Å². The molecule has 3 aliphatic rings. The van der Waals surface area contributed by atoms with Crippen molar-refractivity contribution >= 4 is 28.8 Å². The molecular formula is C28H32N4O5. The van der Waals surface area contributed by atoms with Crippen LogP contribution in [0.5, 0.6) is 5.75 Å². The highest BCUT2D eigenvalue weighted by Crippen LogP contribution is 2.53. The number of nitrogens with zero attached hydrogens (tertiary/aromatic N) is 4. The number of imidazole rings is 1. The highest BCUT2D eigenvalue weighted by molar-refractivity contribution is 5.97. The SMILES string of the molecule is COC(=O)N1c2ccc3c(nc(C(C)Oc4cccnc4)n3C3CCC(C(=O)O)CC3)c2CCC12CC2. The quantitative estimate of drug-likeness (QED) is 0.493. The third kappa shape index (κ3) is 4.01. The van der Waals surface area contributed by atoms with E-state index in [1.807, 2.05) is 30.0 Å². The number of pyridine rings is 1. The van der Waals surface area contributed by atoms with Crippen molar-refractivity contribution in [1.82, 2.24) is 14.5 Å². The maximum atomic E-state index is 12.8. The van der Waals surface area contributed by atoms with Gasteiger partial charge in [0.2, 0.25) is 0 Å². The number of ether oxygens (including phenoxy) is 2. The number of fused-ring (bicyclic) bond motifs is 3. The number of aryl methyl sites for hydroxylation is 1. The minimum absolute atomic E-state index is 0.128. The monoisotopic (exact) mass is 504 g/mol. The van der Waals surface area contributed by atoms with Gasteiger partial charge >= 0.3 is 12.1 Å². The molecule has 0 radical (unpaired) electrons. The van der Waals surface area contributed by atoms with Crippen LogP contribution < -0.4 is 9.64 Å². The molecule has 1 unspecified atom stereocenters. The van der Waals surface area contributed by atoms with E-state index in [1.54, 1.807) is 12.4 Å². The van der Waals surface area contributed by atoms with E-state index >= 15 is 0 Å². The zero-order valence-corrected chi connectivity index (χ0v) is 21.2. The lowest BCUT2D eigenvalue weighted by atomic mass is 9.85. The summed E-state index contributed by atoms with van der Waals surface area (Å²) in [6.07, 6.45) is 9.25. The number of hydrogen-bond acceptors (Lipinski definition) is 6. The van der Waals surface area contributed by atoms with Crippen molar-refractivity contribution in [3.63, 3.8) is 0 Å². The van der Waals surface area contributed by atoms with Crippen LogP contribution in [0.3, 0.4) is 0 Å². The van der Waals surface area contributed by atoms with Crippen molar-refractivity contribution in [2.24, 2.45) is 5.92 Å². The number of rotatable bonds is 5. The van der Waals surface area contributed by atoms with Crippen LogP contribution in [0.1, 0.15) is 75.4 Å². The molecule has 6 rings (SSSR count). The van der Waals surface area contributed by atoms with Gasteiger partial charge in [0, 0.05) is 17.8 Å². The topological polar surface area (TPSA) is 107 Å². The minimum atomic E-state index is -0.714. The fourth-order valence-electron chi connectivity index (χ4n) is 6.33. The van der Waals surface area contributed by atoms with Gasteiger partial charge in [-0.15, -0.1) is 0 Å². The lowest BCUT2D eigenvalue weighted by Gasteiger charge is -2.36. The summed E-state index contributed by atoms with van der Waals surface area (Å²) >= 11 is 0. The van der Waals surface area contributed by atoms with Crippen molar-refractivity contribution in [3.8, 4) is 5.75 Å². The maximum Gasteiger partial charge on any atom is 0.414 e. The van der Waals surface area contributed by atoms with Gasteiger partial charge in [0.15, 0.2) is 11.9 Å². The Hall–Kier alpha value is -3.62. The average Bonchev–Trinajstić information content (AvgIpc) is 3.56. The summed E-state index contributed by atoms with van der Waals surface area (Å²) in [7, 11) is 1.43. The average molecular weight is 505 g/mol. The Balaban J connectivity index is 1.45. The van der Waals surface area contributed by atoms with E-state index in [4.69, 9.17) is 14.5 Å². The number of aliphatic carboxylic acids is 1. The molecule has 2 saturated carbocycles. The minimum Gasteiger partial charge on any atom is -0.481 e. The van der Waals surface area contributed by atoms with Gasteiger partial charge in [-0.05, 0) is 82.6 Å². The smallest absolute Gasteiger partial charge is 0.414 e. The van der Waals surface area contributed by atoms with E-state index in [0.29, 0.717) is 18.6 Å². The highest BCUT2D eigenvalue weighted by atomic mass is 16.5. The normalized spacial score (nSPS) is 22.9. The summed E-state index contributed by atoms with van der Waals surface area (Å²) in [5.41, 5.74) is 3.71. The number of carboxylic acids is 1. The Morgan fingerprint density at radius 2 is 1.92 bits per heavy atom. The van der Waals surface area contributed by atoms with E-state index < -0.39 is 5.97 Å². The number of methoxy groups -OCH3 is 1. The first-order chi connectivity index (χ1) is 17.9. The summed E-state index contributed by atoms with van der Waals surface area (Å²) in [4.78, 5) is 35.6. The van der Waals surface area contributed by atoms with Crippen LogP contribution in [0.25, 0.3) is 11.0 Å². The van der Waals surface area contributed by atoms with Crippen molar-refractivity contribution in [2.45, 2.75) is 76.0 Å². The van der Waals surface area contributed by atoms with Crippen LogP contribution in [0, 0.1) is 5.92 Å². The standard InChI is InChI=1S/C28H32N4O5/c1-17(37-20-4-3-15-29-16-20)25-30-24-21-11-12-28(13-14-28)32(27(35)36-2)22(21)9-10-23(24)31(25)19-7-5-18(6-8-19)26(33)34/h3-4,9-10,15-19H,5-8,11-14H2,1-2H3,(H,33,34). The molecule has 9 heteroatoms. The van der Waals surface area contributed by atoms with Gasteiger partial charge < -0.3 is 19.1 Å². The second-order valence-corrected chi connectivity index (χ2v) is 10.6. The van der Waals surface area contributed by atoms with Crippen LogP contribution in [0.4, 0.5) is 10.5 Å². The highest BCUT2D eigenvalue weighted by Gasteiger charge is 2.54. The van der Waals surface area contributed by atoms with Crippen molar-refractivity contribution in [3.05, 3.63) is 48.0 Å². The summed E-state index contributed by atoms with van der Waals surface area (Å²) < 4.78 is 13.7. The molecule has 2 aliphatic carbocycles. The second-order valence-electron chi connectivity index (χ2n) is 10.6. The van der Waals surface area contributed by atoms with Gasteiger partial charge in [-0.1, -0.05) is 0 Å². The lowest BCUT2D eigenvalue weighted by molar-refractivity contribution is -0.143. The predicted octanol–water partition coefficient (Wildman–Crippen LogP) is 5.44. The molecule has 1 N–H and O–H groups in total. The summed E-state index contributed by atoms with van der Waals surface area (Å²) in [5, 5.41) is 9.52. The van der Waals surface area contributed by atoms with E-state index in [9.17, 15) is 14.7 Å². The molecule has 2 fully saturated rings. The van der Waals surface area contributed by atoms with Crippen LogP contribution >= 0.6 is 0 Å². The molecule has 1 aliphatic heterocycles. The first kappa shape index (κ1) is 23.8. The van der Waals surface area contributed by atoms with Crippen molar-refractivity contribution < 1.29 is 24.2 Å². The molecule has 1 aromatic carbocycles. The van der Waals surface area contributed by atoms with Crippen molar-refractivity contribution in [2.75, 3.05) is 12.0 Å². The Morgan fingerprint density at radius 1 is 1.14 bits per heavy atom. The number of amides is 1. The third-order valence-corrected chi connectivity index (χ3v) is 8.43. The first-order valence-corrected chi connectivity index (χ1v) is 13.1. The molecule has 9 nitrogen and oxygen atoms in total. The zero-order chi connectivity index (χ0) is 25.7. The number of hydrogen-bond donors (Lipinski definition) is 1. The van der Waals surface area contributed by atoms with Gasteiger partial charge in [-0.25, -0.2) is 9.78 Å². The zero-order valence-electron chi connectivity index (χ0n) is 21.2. The predicted molar refractivity (Wildman–Crippen MR) is 137 cm³/mol. The van der Waals surface area contributed by atoms with Crippen molar-refractivity contribution in [1.29, 1.82) is 0 Å². The summed E-state index contributed by atoms with van der Waals surface area (Å²) in [6.45, 7) is 1.99. The number of anilines is 1. The first-order valence-electron chi connectivity index (χ1n) is 13.1. The number of carbonyl (C=O) groups is 2. The fourth-order valence-corrected chi connectivity index (χ4v) is 6.33. The Labute approximate surface area is 215 Å². The molecule has 1 atom stereocenters. The van der Waals surface area contributed by atoms with E-state index in [0.717, 1.165) is 66.6 Å². The molecule has 2 aromatic heterocycles. The van der Waals surface area contributed by atoms with Gasteiger partial charge in [0.05, 0.1) is 41.5 Å². The van der Waals surface area contributed by atoms with Gasteiger partial charge in [0.1, 0.15) is 5.75 Å². The van der Waals surface area contributed by atoms with Crippen LogP contribution in [-0.2, 0) is 16.0 Å². The number of benzene rings is 1. The molecule has 0 saturated heterocycles. The van der Waals surface area contributed by atoms with E-state index in [2.05, 4.69) is 15.6 Å². The molecule has 37 heavy (non-hydrogen) atoms.